The summed E-state index contributed by atoms with van der Waals surface area (Å²) >= 11 is 0. The molecular weight excluding hydrogens is 488 g/mol. The third-order valence-electron chi connectivity index (χ3n) is 6.43. The average molecular weight is 529 g/mol. The van der Waals surface area contributed by atoms with E-state index >= 15 is 0 Å². The number of benzene rings is 2. The molecule has 0 aliphatic heterocycles. The van der Waals surface area contributed by atoms with Gasteiger partial charge in [-0.1, -0.05) is 20.8 Å². The van der Waals surface area contributed by atoms with Crippen LogP contribution in [0.5, 0.6) is 5.75 Å². The first-order valence-corrected chi connectivity index (χ1v) is 15.4. The predicted molar refractivity (Wildman–Crippen MR) is 149 cm³/mol. The van der Waals surface area contributed by atoms with E-state index in [1.54, 1.807) is 7.05 Å². The van der Waals surface area contributed by atoms with Gasteiger partial charge < -0.3 is 23.4 Å². The molecule has 3 aromatic rings. The van der Waals surface area contributed by atoms with Crippen LogP contribution in [0.15, 0.2) is 46.9 Å². The Morgan fingerprint density at radius 2 is 1.73 bits per heavy atom. The van der Waals surface area contributed by atoms with E-state index in [4.69, 9.17) is 18.3 Å². The van der Waals surface area contributed by atoms with Crippen molar-refractivity contribution in [1.82, 2.24) is 4.98 Å². The zero-order valence-electron chi connectivity index (χ0n) is 23.4. The fourth-order valence-electron chi connectivity index (χ4n) is 3.29. The quantitative estimate of drug-likeness (QED) is 0.328. The zero-order chi connectivity index (χ0) is 27.6. The maximum atomic E-state index is 12.3. The summed E-state index contributed by atoms with van der Waals surface area (Å²) in [7, 11) is -0.360. The summed E-state index contributed by atoms with van der Waals surface area (Å²) in [5.41, 5.74) is 2.20. The van der Waals surface area contributed by atoms with Crippen molar-refractivity contribution < 1.29 is 28.2 Å². The molecule has 0 spiro atoms. The Balaban J connectivity index is 1.69. The number of aromatic nitrogens is 1. The first-order valence-electron chi connectivity index (χ1n) is 12.5. The lowest BCUT2D eigenvalue weighted by atomic mass is 10.2. The van der Waals surface area contributed by atoms with E-state index in [-0.39, 0.29) is 18.3 Å². The van der Waals surface area contributed by atoms with Crippen LogP contribution in [0.1, 0.15) is 41.5 Å². The van der Waals surface area contributed by atoms with Gasteiger partial charge in [0.1, 0.15) is 29.6 Å². The molecule has 0 bridgehead atoms. The van der Waals surface area contributed by atoms with Gasteiger partial charge in [-0.15, -0.1) is 0 Å². The number of aliphatic hydroxyl groups excluding tert-OH is 1. The molecule has 1 N–H and O–H groups in total. The van der Waals surface area contributed by atoms with E-state index in [0.29, 0.717) is 28.4 Å². The lowest BCUT2D eigenvalue weighted by Gasteiger charge is -2.38. The molecule has 1 aromatic heterocycles. The van der Waals surface area contributed by atoms with Crippen molar-refractivity contribution >= 4 is 31.2 Å². The average Bonchev–Trinajstić information content (AvgIpc) is 3.23. The van der Waals surface area contributed by atoms with Gasteiger partial charge in [-0.3, -0.25) is 4.90 Å². The number of carbonyl (C=O) groups excluding carboxylic acids is 1. The summed E-state index contributed by atoms with van der Waals surface area (Å²) in [6.45, 7) is 16.4. The minimum Gasteiger partial charge on any atom is -0.491 e. The molecule has 2 aromatic carbocycles. The van der Waals surface area contributed by atoms with Crippen LogP contribution in [-0.2, 0) is 9.16 Å². The van der Waals surface area contributed by atoms with Crippen molar-refractivity contribution in [2.45, 2.75) is 71.4 Å². The molecule has 0 aliphatic rings. The van der Waals surface area contributed by atoms with Crippen LogP contribution in [0, 0.1) is 0 Å². The maximum Gasteiger partial charge on any atom is 0.414 e. The van der Waals surface area contributed by atoms with E-state index < -0.39 is 26.1 Å². The van der Waals surface area contributed by atoms with E-state index in [2.05, 4.69) is 38.8 Å². The molecule has 0 fully saturated rings. The highest BCUT2D eigenvalue weighted by molar-refractivity contribution is 6.74. The van der Waals surface area contributed by atoms with Gasteiger partial charge in [-0.25, -0.2) is 9.78 Å². The molecule has 37 heavy (non-hydrogen) atoms. The number of nitrogens with zero attached hydrogens (tertiary/aromatic N) is 2. The highest BCUT2D eigenvalue weighted by atomic mass is 28.4. The van der Waals surface area contributed by atoms with E-state index in [9.17, 15) is 9.90 Å². The number of hydrogen-bond donors (Lipinski definition) is 1. The van der Waals surface area contributed by atoms with E-state index in [0.717, 1.165) is 5.56 Å². The van der Waals surface area contributed by atoms with Crippen LogP contribution in [0.25, 0.3) is 22.6 Å². The largest absolute Gasteiger partial charge is 0.491 e. The van der Waals surface area contributed by atoms with Crippen LogP contribution in [-0.4, -0.2) is 56.5 Å². The third kappa shape index (κ3) is 7.34. The van der Waals surface area contributed by atoms with Crippen molar-refractivity contribution in [1.29, 1.82) is 0 Å². The maximum absolute atomic E-state index is 12.3. The Hall–Kier alpha value is -2.88. The van der Waals surface area contributed by atoms with Crippen LogP contribution >= 0.6 is 0 Å². The second kappa shape index (κ2) is 10.8. The van der Waals surface area contributed by atoms with Gasteiger partial charge in [0, 0.05) is 24.4 Å². The second-order valence-electron chi connectivity index (χ2n) is 11.7. The Kier molecular flexibility index (Phi) is 8.41. The Bertz CT molecular complexity index is 1210. The Morgan fingerprint density at radius 3 is 2.30 bits per heavy atom. The molecule has 0 saturated heterocycles. The van der Waals surface area contributed by atoms with Crippen LogP contribution in [0.2, 0.25) is 18.1 Å². The molecule has 3 rings (SSSR count). The molecule has 9 heteroatoms. The zero-order valence-corrected chi connectivity index (χ0v) is 24.4. The van der Waals surface area contributed by atoms with Gasteiger partial charge in [0.25, 0.3) is 0 Å². The fourth-order valence-corrected chi connectivity index (χ4v) is 4.62. The molecule has 0 radical (unpaired) electrons. The number of aliphatic hydroxyl groups is 1. The normalized spacial score (nSPS) is 13.5. The van der Waals surface area contributed by atoms with E-state index in [1.807, 2.05) is 63.2 Å². The number of carbonyl (C=O) groups is 1. The van der Waals surface area contributed by atoms with Crippen molar-refractivity contribution in [3.05, 3.63) is 42.5 Å². The van der Waals surface area contributed by atoms with Crippen LogP contribution in [0.4, 0.5) is 10.5 Å². The van der Waals surface area contributed by atoms with Gasteiger partial charge in [0.15, 0.2) is 13.9 Å². The Labute approximate surface area is 220 Å². The smallest absolute Gasteiger partial charge is 0.414 e. The molecular formula is C28H40N2O6Si. The molecule has 0 saturated carbocycles. The lowest BCUT2D eigenvalue weighted by Crippen LogP contribution is -2.46. The molecule has 8 nitrogen and oxygen atoms in total. The molecule has 1 amide bonds. The number of hydrogen-bond acceptors (Lipinski definition) is 7. The number of oxazole rings is 1. The third-order valence-corrected chi connectivity index (χ3v) is 11.0. The highest BCUT2D eigenvalue weighted by Gasteiger charge is 2.39. The standard InChI is InChI=1S/C28H40N2O6Si/c1-27(2,3)35-26(32)30(7)20-12-10-19(11-13-20)25-29-23-16-21(14-15-24(23)34-25)33-18-22(17-31)36-37(8,9)28(4,5)6/h10-16,22,31H,17-18H2,1-9H3/t22-/m0/s1. The Morgan fingerprint density at radius 1 is 1.08 bits per heavy atom. The van der Waals surface area contributed by atoms with Crippen molar-refractivity contribution in [2.24, 2.45) is 0 Å². The first kappa shape index (κ1) is 28.7. The predicted octanol–water partition coefficient (Wildman–Crippen LogP) is 6.63. The van der Waals surface area contributed by atoms with Crippen LogP contribution < -0.4 is 9.64 Å². The SMILES string of the molecule is CN(C(=O)OC(C)(C)C)c1ccc(-c2nc3cc(OC[C@H](CO)O[Si](C)(C)C(C)(C)C)ccc3o2)cc1. The van der Waals surface area contributed by atoms with Crippen molar-refractivity contribution in [3.8, 4) is 17.2 Å². The van der Waals surface area contributed by atoms with Gasteiger partial charge in [0.2, 0.25) is 5.89 Å². The number of rotatable bonds is 8. The molecule has 1 heterocycles. The van der Waals surface area contributed by atoms with Gasteiger partial charge in [-0.05, 0) is 75.3 Å². The summed E-state index contributed by atoms with van der Waals surface area (Å²) in [6, 6.07) is 12.8. The van der Waals surface area contributed by atoms with Gasteiger partial charge >= 0.3 is 6.09 Å². The summed E-state index contributed by atoms with van der Waals surface area (Å²) in [5.74, 6) is 1.09. The summed E-state index contributed by atoms with van der Waals surface area (Å²) in [6.07, 6.45) is -0.824. The summed E-state index contributed by atoms with van der Waals surface area (Å²) < 4.78 is 23.6. The molecule has 0 unspecified atom stereocenters. The van der Waals surface area contributed by atoms with Gasteiger partial charge in [-0.2, -0.15) is 0 Å². The summed E-state index contributed by atoms with van der Waals surface area (Å²) in [5, 5.41) is 9.87. The lowest BCUT2D eigenvalue weighted by molar-refractivity contribution is 0.0589. The number of amides is 1. The molecule has 0 aliphatic carbocycles. The van der Waals surface area contributed by atoms with Gasteiger partial charge in [0.05, 0.1) is 6.61 Å². The highest BCUT2D eigenvalue weighted by Crippen LogP contribution is 2.37. The number of ether oxygens (including phenoxy) is 2. The second-order valence-corrected chi connectivity index (χ2v) is 16.5. The summed E-state index contributed by atoms with van der Waals surface area (Å²) in [4.78, 5) is 18.4. The number of fused-ring (bicyclic) bond motifs is 1. The first-order chi connectivity index (χ1) is 17.1. The fraction of sp³-hybridized carbons (Fsp3) is 0.500. The minimum absolute atomic E-state index is 0.0415. The minimum atomic E-state index is -2.03. The van der Waals surface area contributed by atoms with Crippen molar-refractivity contribution in [2.75, 3.05) is 25.2 Å². The topological polar surface area (TPSA) is 94.3 Å². The van der Waals surface area contributed by atoms with Crippen LogP contribution in [0.3, 0.4) is 0 Å². The molecule has 202 valence electrons. The van der Waals surface area contributed by atoms with E-state index in [1.165, 1.54) is 4.90 Å². The molecule has 1 atom stereocenters. The monoisotopic (exact) mass is 528 g/mol. The van der Waals surface area contributed by atoms with Crippen molar-refractivity contribution in [3.63, 3.8) is 0 Å². The number of anilines is 1.